The molecule has 1 N–H and O–H groups in total. The van der Waals surface area contributed by atoms with Gasteiger partial charge in [0.15, 0.2) is 0 Å². The molecule has 0 saturated carbocycles. The van der Waals surface area contributed by atoms with Crippen molar-refractivity contribution in [3.8, 4) is 0 Å². The van der Waals surface area contributed by atoms with Gasteiger partial charge in [-0.3, -0.25) is 4.79 Å². The maximum absolute atomic E-state index is 11.9. The number of carbonyl (C=O) groups excluding carboxylic acids is 1. The molecule has 0 unspecified atom stereocenters. The molecule has 100 valence electrons. The molecule has 0 saturated heterocycles. The Hall–Kier alpha value is -1.68. The Morgan fingerprint density at radius 1 is 1.26 bits per heavy atom. The molecule has 0 aliphatic heterocycles. The maximum Gasteiger partial charge on any atom is 0.224 e. The van der Waals surface area contributed by atoms with Crippen LogP contribution in [0.3, 0.4) is 0 Å². The van der Waals surface area contributed by atoms with Crippen molar-refractivity contribution in [1.82, 2.24) is 10.3 Å². The van der Waals surface area contributed by atoms with Gasteiger partial charge in [-0.2, -0.15) is 0 Å². The van der Waals surface area contributed by atoms with Crippen LogP contribution in [0.25, 0.3) is 0 Å². The molecule has 0 atom stereocenters. The molecule has 19 heavy (non-hydrogen) atoms. The van der Waals surface area contributed by atoms with Gasteiger partial charge in [0.05, 0.1) is 23.7 Å². The molecular weight excluding hydrogens is 256 g/mol. The number of rotatable bonds is 4. The fourth-order valence-corrected chi connectivity index (χ4v) is 2.84. The second-order valence-electron chi connectivity index (χ2n) is 4.62. The highest BCUT2D eigenvalue weighted by molar-refractivity contribution is 7.11. The highest BCUT2D eigenvalue weighted by Gasteiger charge is 2.08. The number of benzene rings is 1. The lowest BCUT2D eigenvalue weighted by Crippen LogP contribution is -2.24. The Morgan fingerprint density at radius 3 is 2.63 bits per heavy atom. The summed E-state index contributed by atoms with van der Waals surface area (Å²) < 4.78 is 0. The molecule has 2 aromatic rings. The average Bonchev–Trinajstić information content (AvgIpc) is 2.68. The second kappa shape index (κ2) is 5.97. The van der Waals surface area contributed by atoms with Crippen LogP contribution in [0.1, 0.15) is 26.7 Å². The molecular formula is C15H18N2OS. The first kappa shape index (κ1) is 13.7. The van der Waals surface area contributed by atoms with E-state index in [1.165, 1.54) is 0 Å². The Balaban J connectivity index is 1.92. The lowest BCUT2D eigenvalue weighted by molar-refractivity contribution is -0.120. The monoisotopic (exact) mass is 274 g/mol. The van der Waals surface area contributed by atoms with Crippen molar-refractivity contribution in [2.45, 2.75) is 33.7 Å². The third-order valence-corrected chi connectivity index (χ3v) is 4.13. The summed E-state index contributed by atoms with van der Waals surface area (Å²) in [6.07, 6.45) is 0.434. The molecule has 1 aromatic carbocycles. The standard InChI is InChI=1S/C15H18N2OS/c1-10-6-4-5-7-13(10)8-15(18)16-9-14-11(2)17-12(3)19-14/h4-7H,8-9H2,1-3H3,(H,16,18). The SMILES string of the molecule is Cc1nc(C)c(CNC(=O)Cc2ccccc2C)s1. The number of amides is 1. The molecule has 0 fully saturated rings. The van der Waals surface area contributed by atoms with Crippen LogP contribution in [0.5, 0.6) is 0 Å². The van der Waals surface area contributed by atoms with Crippen molar-refractivity contribution in [3.63, 3.8) is 0 Å². The summed E-state index contributed by atoms with van der Waals surface area (Å²) in [5.41, 5.74) is 3.25. The van der Waals surface area contributed by atoms with Gasteiger partial charge in [0.1, 0.15) is 0 Å². The highest BCUT2D eigenvalue weighted by atomic mass is 32.1. The number of aryl methyl sites for hydroxylation is 3. The lowest BCUT2D eigenvalue weighted by atomic mass is 10.1. The van der Waals surface area contributed by atoms with E-state index >= 15 is 0 Å². The minimum absolute atomic E-state index is 0.0553. The number of carbonyl (C=O) groups is 1. The number of nitrogens with one attached hydrogen (secondary N) is 1. The summed E-state index contributed by atoms with van der Waals surface area (Å²) in [4.78, 5) is 17.4. The summed E-state index contributed by atoms with van der Waals surface area (Å²) >= 11 is 1.64. The number of aromatic nitrogens is 1. The first-order valence-corrected chi connectivity index (χ1v) is 7.12. The maximum atomic E-state index is 11.9. The van der Waals surface area contributed by atoms with Gasteiger partial charge in [-0.15, -0.1) is 11.3 Å². The van der Waals surface area contributed by atoms with Gasteiger partial charge in [-0.25, -0.2) is 4.98 Å². The average molecular weight is 274 g/mol. The molecule has 0 radical (unpaired) electrons. The normalized spacial score (nSPS) is 10.5. The highest BCUT2D eigenvalue weighted by Crippen LogP contribution is 2.16. The van der Waals surface area contributed by atoms with Gasteiger partial charge in [-0.1, -0.05) is 24.3 Å². The van der Waals surface area contributed by atoms with Crippen LogP contribution in [0, 0.1) is 20.8 Å². The van der Waals surface area contributed by atoms with Gasteiger partial charge >= 0.3 is 0 Å². The van der Waals surface area contributed by atoms with Crippen LogP contribution in [-0.2, 0) is 17.8 Å². The molecule has 0 aliphatic rings. The molecule has 0 aliphatic carbocycles. The van der Waals surface area contributed by atoms with E-state index in [2.05, 4.69) is 10.3 Å². The summed E-state index contributed by atoms with van der Waals surface area (Å²) in [6, 6.07) is 7.98. The van der Waals surface area contributed by atoms with E-state index in [0.717, 1.165) is 26.7 Å². The van der Waals surface area contributed by atoms with Gasteiger partial charge in [0.2, 0.25) is 5.91 Å². The molecule has 4 heteroatoms. The fourth-order valence-electron chi connectivity index (χ4n) is 1.96. The molecule has 1 heterocycles. The zero-order chi connectivity index (χ0) is 13.8. The topological polar surface area (TPSA) is 42.0 Å². The Morgan fingerprint density at radius 2 is 2.00 bits per heavy atom. The van der Waals surface area contributed by atoms with Gasteiger partial charge in [0.25, 0.3) is 0 Å². The van der Waals surface area contributed by atoms with E-state index in [9.17, 15) is 4.79 Å². The third kappa shape index (κ3) is 3.64. The van der Waals surface area contributed by atoms with Crippen molar-refractivity contribution >= 4 is 17.2 Å². The zero-order valence-electron chi connectivity index (χ0n) is 11.5. The predicted molar refractivity (Wildman–Crippen MR) is 78.3 cm³/mol. The van der Waals surface area contributed by atoms with Crippen LogP contribution >= 0.6 is 11.3 Å². The van der Waals surface area contributed by atoms with Gasteiger partial charge in [-0.05, 0) is 31.9 Å². The van der Waals surface area contributed by atoms with E-state index in [1.54, 1.807) is 11.3 Å². The van der Waals surface area contributed by atoms with Crippen molar-refractivity contribution in [3.05, 3.63) is 51.0 Å². The van der Waals surface area contributed by atoms with Crippen LogP contribution < -0.4 is 5.32 Å². The minimum Gasteiger partial charge on any atom is -0.351 e. The van der Waals surface area contributed by atoms with Crippen molar-refractivity contribution in [1.29, 1.82) is 0 Å². The number of nitrogens with zero attached hydrogens (tertiary/aromatic N) is 1. The van der Waals surface area contributed by atoms with E-state index in [-0.39, 0.29) is 5.91 Å². The molecule has 0 spiro atoms. The van der Waals surface area contributed by atoms with Gasteiger partial charge in [0, 0.05) is 4.88 Å². The fraction of sp³-hybridized carbons (Fsp3) is 0.333. The quantitative estimate of drug-likeness (QED) is 0.931. The lowest BCUT2D eigenvalue weighted by Gasteiger charge is -2.06. The molecule has 2 rings (SSSR count). The largest absolute Gasteiger partial charge is 0.351 e. The number of thiazole rings is 1. The zero-order valence-corrected chi connectivity index (χ0v) is 12.3. The van der Waals surface area contributed by atoms with E-state index in [1.807, 2.05) is 45.0 Å². The molecule has 0 bridgehead atoms. The van der Waals surface area contributed by atoms with Crippen LogP contribution in [0.4, 0.5) is 0 Å². The predicted octanol–water partition coefficient (Wildman–Crippen LogP) is 2.93. The first-order chi connectivity index (χ1) is 9.06. The van der Waals surface area contributed by atoms with Gasteiger partial charge < -0.3 is 5.32 Å². The van der Waals surface area contributed by atoms with Crippen LogP contribution in [0.15, 0.2) is 24.3 Å². The summed E-state index contributed by atoms with van der Waals surface area (Å²) in [5, 5.41) is 4.00. The summed E-state index contributed by atoms with van der Waals surface area (Å²) in [7, 11) is 0. The molecule has 3 nitrogen and oxygen atoms in total. The smallest absolute Gasteiger partial charge is 0.224 e. The Labute approximate surface area is 117 Å². The van der Waals surface area contributed by atoms with E-state index in [0.29, 0.717) is 13.0 Å². The summed E-state index contributed by atoms with van der Waals surface area (Å²) in [5.74, 6) is 0.0553. The molecule has 1 aromatic heterocycles. The first-order valence-electron chi connectivity index (χ1n) is 6.30. The van der Waals surface area contributed by atoms with Crippen molar-refractivity contribution < 1.29 is 4.79 Å². The number of hydrogen-bond donors (Lipinski definition) is 1. The van der Waals surface area contributed by atoms with Crippen molar-refractivity contribution in [2.24, 2.45) is 0 Å². The summed E-state index contributed by atoms with van der Waals surface area (Å²) in [6.45, 7) is 6.56. The Kier molecular flexibility index (Phi) is 4.32. The third-order valence-electron chi connectivity index (χ3n) is 3.06. The van der Waals surface area contributed by atoms with Crippen molar-refractivity contribution in [2.75, 3.05) is 0 Å². The van der Waals surface area contributed by atoms with Crippen LogP contribution in [0.2, 0.25) is 0 Å². The Bertz CT molecular complexity index is 590. The van der Waals surface area contributed by atoms with E-state index in [4.69, 9.17) is 0 Å². The number of hydrogen-bond acceptors (Lipinski definition) is 3. The minimum atomic E-state index is 0.0553. The van der Waals surface area contributed by atoms with Crippen LogP contribution in [-0.4, -0.2) is 10.9 Å². The van der Waals surface area contributed by atoms with E-state index < -0.39 is 0 Å². The molecule has 1 amide bonds. The second-order valence-corrected chi connectivity index (χ2v) is 5.91.